The molecular weight excluding hydrogens is 336 g/mol. The van der Waals surface area contributed by atoms with Crippen LogP contribution in [0.2, 0.25) is 5.15 Å². The maximum absolute atomic E-state index is 9.40. The number of aromatic nitrogens is 2. The molecule has 0 amide bonds. The van der Waals surface area contributed by atoms with E-state index in [1.54, 1.807) is 18.2 Å². The van der Waals surface area contributed by atoms with Gasteiger partial charge in [-0.1, -0.05) is 11.6 Å². The van der Waals surface area contributed by atoms with Crippen LogP contribution in [-0.2, 0) is 0 Å². The third-order valence-corrected chi connectivity index (χ3v) is 4.64. The zero-order valence-corrected chi connectivity index (χ0v) is 14.8. The number of hydrogen-bond acceptors (Lipinski definition) is 5. The van der Waals surface area contributed by atoms with Crippen LogP contribution >= 0.6 is 11.6 Å². The van der Waals surface area contributed by atoms with Crippen molar-refractivity contribution in [3.63, 3.8) is 0 Å². The molecule has 1 aromatic heterocycles. The van der Waals surface area contributed by atoms with Gasteiger partial charge in [-0.2, -0.15) is 5.26 Å². The fourth-order valence-corrected chi connectivity index (χ4v) is 3.20. The number of ether oxygens (including phenoxy) is 1. The molecule has 1 aliphatic heterocycles. The van der Waals surface area contributed by atoms with Gasteiger partial charge in [-0.15, -0.1) is 10.2 Å². The number of hydrogen-bond donors (Lipinski definition) is 1. The molecule has 130 valence electrons. The summed E-state index contributed by atoms with van der Waals surface area (Å²) < 4.78 is 5.83. The molecule has 2 aromatic rings. The van der Waals surface area contributed by atoms with Crippen molar-refractivity contribution in [2.24, 2.45) is 5.92 Å². The van der Waals surface area contributed by atoms with Crippen molar-refractivity contribution in [1.82, 2.24) is 15.5 Å². The van der Waals surface area contributed by atoms with Gasteiger partial charge in [0.1, 0.15) is 11.8 Å². The first-order chi connectivity index (χ1) is 12.3. The molecule has 6 heteroatoms. The predicted molar refractivity (Wildman–Crippen MR) is 97.5 cm³/mol. The molecule has 0 radical (unpaired) electrons. The lowest BCUT2D eigenvalue weighted by Crippen LogP contribution is -2.29. The second-order valence-corrected chi connectivity index (χ2v) is 6.65. The third kappa shape index (κ3) is 4.91. The summed E-state index contributed by atoms with van der Waals surface area (Å²) in [5, 5.41) is 21.1. The average molecular weight is 357 g/mol. The van der Waals surface area contributed by atoms with Gasteiger partial charge in [0.25, 0.3) is 0 Å². The smallest absolute Gasteiger partial charge is 0.151 e. The zero-order valence-electron chi connectivity index (χ0n) is 14.0. The Bertz CT molecular complexity index is 736. The number of piperidine rings is 1. The van der Waals surface area contributed by atoms with E-state index in [-0.39, 0.29) is 0 Å². The second kappa shape index (κ2) is 8.80. The Hall–Kier alpha value is -2.16. The third-order valence-electron chi connectivity index (χ3n) is 4.44. The molecule has 1 saturated heterocycles. The van der Waals surface area contributed by atoms with Crippen molar-refractivity contribution in [3.8, 4) is 23.1 Å². The van der Waals surface area contributed by atoms with Crippen LogP contribution in [0.5, 0.6) is 5.75 Å². The molecule has 1 atom stereocenters. The minimum absolute atomic E-state index is 0.345. The molecule has 5 nitrogen and oxygen atoms in total. The van der Waals surface area contributed by atoms with Crippen LogP contribution in [0.15, 0.2) is 30.3 Å². The number of halogens is 1. The Balaban J connectivity index is 1.58. The normalized spacial score (nSPS) is 17.0. The topological polar surface area (TPSA) is 70.8 Å². The summed E-state index contributed by atoms with van der Waals surface area (Å²) in [7, 11) is 0. The van der Waals surface area contributed by atoms with Crippen LogP contribution in [-0.4, -0.2) is 29.9 Å². The van der Waals surface area contributed by atoms with E-state index in [9.17, 15) is 5.26 Å². The number of nitrogens with one attached hydrogen (secondary N) is 1. The van der Waals surface area contributed by atoms with Gasteiger partial charge in [0.15, 0.2) is 5.15 Å². The highest BCUT2D eigenvalue weighted by molar-refractivity contribution is 6.29. The Morgan fingerprint density at radius 2 is 2.20 bits per heavy atom. The van der Waals surface area contributed by atoms with Gasteiger partial charge in [-0.05, 0) is 75.0 Å². The summed E-state index contributed by atoms with van der Waals surface area (Å²) in [4.78, 5) is 0. The summed E-state index contributed by atoms with van der Waals surface area (Å²) in [6.07, 6.45) is 4.72. The van der Waals surface area contributed by atoms with E-state index in [0.29, 0.717) is 28.8 Å². The monoisotopic (exact) mass is 356 g/mol. The van der Waals surface area contributed by atoms with Crippen LogP contribution in [0.1, 0.15) is 31.2 Å². The molecular formula is C19H21ClN4O. The maximum atomic E-state index is 9.40. The van der Waals surface area contributed by atoms with Crippen molar-refractivity contribution in [2.45, 2.75) is 25.7 Å². The van der Waals surface area contributed by atoms with Gasteiger partial charge in [-0.3, -0.25) is 0 Å². The molecule has 1 aromatic carbocycles. The Kier molecular flexibility index (Phi) is 6.21. The van der Waals surface area contributed by atoms with Gasteiger partial charge in [0.05, 0.1) is 17.9 Å². The van der Waals surface area contributed by atoms with Crippen LogP contribution in [0, 0.1) is 17.2 Å². The molecule has 0 saturated carbocycles. The van der Waals surface area contributed by atoms with E-state index in [0.717, 1.165) is 37.4 Å². The van der Waals surface area contributed by atoms with Crippen molar-refractivity contribution < 1.29 is 4.74 Å². The van der Waals surface area contributed by atoms with Crippen molar-refractivity contribution >= 4 is 11.6 Å². The zero-order chi connectivity index (χ0) is 17.5. The molecule has 1 aliphatic rings. The van der Waals surface area contributed by atoms with E-state index in [4.69, 9.17) is 16.3 Å². The van der Waals surface area contributed by atoms with Gasteiger partial charge in [-0.25, -0.2) is 0 Å². The Morgan fingerprint density at radius 1 is 1.28 bits per heavy atom. The summed E-state index contributed by atoms with van der Waals surface area (Å²) in [6, 6.07) is 11.2. The van der Waals surface area contributed by atoms with Gasteiger partial charge in [0.2, 0.25) is 0 Å². The Labute approximate surface area is 153 Å². The van der Waals surface area contributed by atoms with E-state index in [1.165, 1.54) is 12.8 Å². The van der Waals surface area contributed by atoms with Crippen molar-refractivity contribution in [3.05, 3.63) is 41.0 Å². The summed E-state index contributed by atoms with van der Waals surface area (Å²) in [5.41, 5.74) is 2.01. The molecule has 0 aliphatic carbocycles. The minimum atomic E-state index is 0.345. The number of benzene rings is 1. The molecule has 1 N–H and O–H groups in total. The molecule has 3 rings (SSSR count). The number of nitriles is 1. The average Bonchev–Trinajstić information content (AvgIpc) is 2.67. The van der Waals surface area contributed by atoms with Crippen LogP contribution < -0.4 is 10.1 Å². The standard InChI is InChI=1S/C19H21ClN4O/c20-19-8-6-17(23-24-19)15-5-7-18(16(11-15)12-21)25-10-2-4-14-3-1-9-22-13-14/h5-8,11,14,22H,1-4,9-10,13H2. The van der Waals surface area contributed by atoms with Gasteiger partial charge in [0, 0.05) is 5.56 Å². The van der Waals surface area contributed by atoms with E-state index in [2.05, 4.69) is 21.6 Å². The number of nitrogens with zero attached hydrogens (tertiary/aromatic N) is 3. The largest absolute Gasteiger partial charge is 0.492 e. The quantitative estimate of drug-likeness (QED) is 0.796. The lowest BCUT2D eigenvalue weighted by Gasteiger charge is -2.22. The van der Waals surface area contributed by atoms with E-state index in [1.807, 2.05) is 12.1 Å². The summed E-state index contributed by atoms with van der Waals surface area (Å²) in [5.74, 6) is 1.37. The highest BCUT2D eigenvalue weighted by atomic mass is 35.5. The maximum Gasteiger partial charge on any atom is 0.151 e. The Morgan fingerprint density at radius 3 is 2.92 bits per heavy atom. The summed E-state index contributed by atoms with van der Waals surface area (Å²) in [6.45, 7) is 2.88. The fraction of sp³-hybridized carbons (Fsp3) is 0.421. The fourth-order valence-electron chi connectivity index (χ4n) is 3.10. The lowest BCUT2D eigenvalue weighted by atomic mass is 9.95. The lowest BCUT2D eigenvalue weighted by molar-refractivity contribution is 0.275. The first-order valence-corrected chi connectivity index (χ1v) is 9.01. The predicted octanol–water partition coefficient (Wildman–Crippen LogP) is 3.83. The van der Waals surface area contributed by atoms with Gasteiger partial charge < -0.3 is 10.1 Å². The van der Waals surface area contributed by atoms with E-state index >= 15 is 0 Å². The van der Waals surface area contributed by atoms with Crippen LogP contribution in [0.3, 0.4) is 0 Å². The van der Waals surface area contributed by atoms with Crippen LogP contribution in [0.4, 0.5) is 0 Å². The highest BCUT2D eigenvalue weighted by Crippen LogP contribution is 2.26. The van der Waals surface area contributed by atoms with Crippen molar-refractivity contribution in [1.29, 1.82) is 5.26 Å². The molecule has 1 fully saturated rings. The number of rotatable bonds is 6. The molecule has 2 heterocycles. The van der Waals surface area contributed by atoms with Crippen molar-refractivity contribution in [2.75, 3.05) is 19.7 Å². The molecule has 0 bridgehead atoms. The SMILES string of the molecule is N#Cc1cc(-c2ccc(Cl)nn2)ccc1OCCCC1CCCNC1. The van der Waals surface area contributed by atoms with E-state index < -0.39 is 0 Å². The van der Waals surface area contributed by atoms with Crippen LogP contribution in [0.25, 0.3) is 11.3 Å². The molecule has 0 spiro atoms. The minimum Gasteiger partial charge on any atom is -0.492 e. The first-order valence-electron chi connectivity index (χ1n) is 8.63. The summed E-state index contributed by atoms with van der Waals surface area (Å²) >= 11 is 5.76. The first kappa shape index (κ1) is 17.7. The molecule has 1 unspecified atom stereocenters. The highest BCUT2D eigenvalue weighted by Gasteiger charge is 2.13. The van der Waals surface area contributed by atoms with Gasteiger partial charge >= 0.3 is 0 Å². The second-order valence-electron chi connectivity index (χ2n) is 6.27. The molecule has 25 heavy (non-hydrogen) atoms.